The number of rotatable bonds is 8. The molecule has 11 heteroatoms. The van der Waals surface area contributed by atoms with E-state index in [-0.39, 0.29) is 33.4 Å². The van der Waals surface area contributed by atoms with Gasteiger partial charge in [0.2, 0.25) is 11.9 Å². The van der Waals surface area contributed by atoms with E-state index in [1.165, 1.54) is 30.6 Å². The van der Waals surface area contributed by atoms with Crippen LogP contribution in [0.5, 0.6) is 0 Å². The van der Waals surface area contributed by atoms with Gasteiger partial charge in [-0.05, 0) is 19.1 Å². The Kier molecular flexibility index (Phi) is 8.03. The van der Waals surface area contributed by atoms with Crippen LogP contribution in [0.2, 0.25) is 0 Å². The number of nitrogens with two attached hydrogens (primary N) is 1. The molecule has 2 heterocycles. The van der Waals surface area contributed by atoms with E-state index in [1.807, 2.05) is 0 Å². The lowest BCUT2D eigenvalue weighted by atomic mass is 10.2. The van der Waals surface area contributed by atoms with Crippen LogP contribution in [0.3, 0.4) is 0 Å². The molecule has 0 bridgehead atoms. The van der Waals surface area contributed by atoms with E-state index in [2.05, 4.69) is 25.6 Å². The number of ether oxygens (including phenoxy) is 1. The van der Waals surface area contributed by atoms with Gasteiger partial charge >= 0.3 is 0 Å². The topological polar surface area (TPSA) is 118 Å². The normalized spacial score (nSPS) is 14.6. The van der Waals surface area contributed by atoms with Gasteiger partial charge in [0.15, 0.2) is 0 Å². The Bertz CT molecular complexity index is 998. The molecule has 32 heavy (non-hydrogen) atoms. The third-order valence-electron chi connectivity index (χ3n) is 4.72. The molecule has 0 radical (unpaired) electrons. The summed E-state index contributed by atoms with van der Waals surface area (Å²) >= 11 is 0. The third kappa shape index (κ3) is 6.20. The van der Waals surface area contributed by atoms with Gasteiger partial charge in [-0.15, -0.1) is 0 Å². The van der Waals surface area contributed by atoms with Crippen LogP contribution < -0.4 is 16.4 Å². The molecule has 2 aromatic rings. The lowest BCUT2D eigenvalue weighted by molar-refractivity contribution is -0.133. The third-order valence-corrected chi connectivity index (χ3v) is 4.72. The van der Waals surface area contributed by atoms with Crippen LogP contribution >= 0.6 is 0 Å². The fourth-order valence-corrected chi connectivity index (χ4v) is 2.94. The molecule has 4 N–H and O–H groups in total. The summed E-state index contributed by atoms with van der Waals surface area (Å²) < 4.78 is 32.9. The second-order valence-corrected chi connectivity index (χ2v) is 6.99. The molecule has 1 fully saturated rings. The van der Waals surface area contributed by atoms with Gasteiger partial charge in [0.1, 0.15) is 24.0 Å². The maximum Gasteiger partial charge on any atom is 0.244 e. The molecule has 1 aliphatic heterocycles. The quantitative estimate of drug-likeness (QED) is 0.529. The first-order valence-corrected chi connectivity index (χ1v) is 10.0. The van der Waals surface area contributed by atoms with Crippen LogP contribution in [0.15, 0.2) is 41.3 Å². The zero-order chi connectivity index (χ0) is 22.9. The maximum absolute atomic E-state index is 13.9. The van der Waals surface area contributed by atoms with E-state index in [0.717, 1.165) is 0 Å². The number of aryl methyl sites for hydroxylation is 1. The minimum absolute atomic E-state index is 0. The van der Waals surface area contributed by atoms with Gasteiger partial charge < -0.3 is 26.0 Å². The Labute approximate surface area is 187 Å². The number of allylic oxidation sites excluding steroid dienone is 1. The van der Waals surface area contributed by atoms with Gasteiger partial charge in [0.25, 0.3) is 0 Å². The molecular weight excluding hydrogens is 420 g/mol. The van der Waals surface area contributed by atoms with Crippen molar-refractivity contribution in [3.63, 3.8) is 0 Å². The number of carbonyl (C=O) groups is 1. The Morgan fingerprint density at radius 2 is 2.06 bits per heavy atom. The zero-order valence-corrected chi connectivity index (χ0v) is 17.6. The number of benzene rings is 1. The summed E-state index contributed by atoms with van der Waals surface area (Å²) in [5.74, 6) is -0.771. The standard InChI is InChI=1S/C21H25F2N7O2.2H2/c1-14-10-27-21(29-20(14)26-12-16-17(22)3-2-4-18(16)23)28-15(9-24)11-25-13-19(31)30-5-7-32-8-6-30;;/h2-4,9-11H,5-8,12-13,24H2,1H3,(H2,26,27,28,29);2*1H/b15-9+,25-11?;;. The van der Waals surface area contributed by atoms with Gasteiger partial charge in [-0.3, -0.25) is 9.79 Å². The number of amides is 1. The van der Waals surface area contributed by atoms with Crippen LogP contribution in [-0.2, 0) is 16.1 Å². The van der Waals surface area contributed by atoms with Crippen LogP contribution in [0, 0.1) is 18.6 Å². The first-order valence-electron chi connectivity index (χ1n) is 10.0. The average Bonchev–Trinajstić information content (AvgIpc) is 2.80. The van der Waals surface area contributed by atoms with Crippen molar-refractivity contribution in [1.82, 2.24) is 14.9 Å². The Balaban J connectivity index is 0.00000289. The number of hydrogen-bond donors (Lipinski definition) is 3. The van der Waals surface area contributed by atoms with Gasteiger partial charge in [0, 0.05) is 52.2 Å². The SMILES string of the molecule is Cc1cnc(N/C(C=NCC(=O)N2CCOCC2)=C/N)nc1NCc1c(F)cccc1F.[HH].[HH]. The molecule has 1 saturated heterocycles. The summed E-state index contributed by atoms with van der Waals surface area (Å²) in [6, 6.07) is 3.70. The highest BCUT2D eigenvalue weighted by Crippen LogP contribution is 2.17. The van der Waals surface area contributed by atoms with Crippen LogP contribution in [0.1, 0.15) is 14.0 Å². The van der Waals surface area contributed by atoms with Crippen LogP contribution in [0.4, 0.5) is 20.5 Å². The molecule has 0 unspecified atom stereocenters. The highest BCUT2D eigenvalue weighted by atomic mass is 19.1. The lowest BCUT2D eigenvalue weighted by Gasteiger charge is -2.26. The van der Waals surface area contributed by atoms with E-state index in [1.54, 1.807) is 18.0 Å². The minimum atomic E-state index is -0.640. The Hall–Kier alpha value is -3.60. The van der Waals surface area contributed by atoms with Gasteiger partial charge in [-0.1, -0.05) is 6.07 Å². The van der Waals surface area contributed by atoms with Crippen molar-refractivity contribution in [3.8, 4) is 0 Å². The second kappa shape index (κ2) is 11.1. The fourth-order valence-electron chi connectivity index (χ4n) is 2.94. The maximum atomic E-state index is 13.9. The summed E-state index contributed by atoms with van der Waals surface area (Å²) in [5, 5.41) is 5.82. The zero-order valence-electron chi connectivity index (χ0n) is 17.6. The van der Waals surface area contributed by atoms with E-state index < -0.39 is 11.6 Å². The van der Waals surface area contributed by atoms with E-state index in [9.17, 15) is 13.6 Å². The molecule has 0 saturated carbocycles. The molecule has 0 aliphatic carbocycles. The molecule has 1 aromatic carbocycles. The van der Waals surface area contributed by atoms with E-state index in [4.69, 9.17) is 10.5 Å². The first kappa shape index (κ1) is 23.1. The second-order valence-electron chi connectivity index (χ2n) is 6.99. The average molecular weight is 450 g/mol. The van der Waals surface area contributed by atoms with Gasteiger partial charge in [-0.2, -0.15) is 4.98 Å². The van der Waals surface area contributed by atoms with Crippen molar-refractivity contribution in [3.05, 3.63) is 59.1 Å². The molecular formula is C21H29F2N7O2. The Morgan fingerprint density at radius 1 is 1.34 bits per heavy atom. The summed E-state index contributed by atoms with van der Waals surface area (Å²) in [5.41, 5.74) is 6.62. The monoisotopic (exact) mass is 449 g/mol. The van der Waals surface area contributed by atoms with Gasteiger partial charge in [0.05, 0.1) is 18.9 Å². The Morgan fingerprint density at radius 3 is 2.75 bits per heavy atom. The number of morpholine rings is 1. The molecule has 174 valence electrons. The van der Waals surface area contributed by atoms with Crippen LogP contribution in [-0.4, -0.2) is 59.8 Å². The number of carbonyl (C=O) groups excluding carboxylic acids is 1. The molecule has 1 aromatic heterocycles. The molecule has 9 nitrogen and oxygen atoms in total. The van der Waals surface area contributed by atoms with Gasteiger partial charge in [-0.25, -0.2) is 13.8 Å². The molecule has 1 aliphatic rings. The number of halogens is 2. The van der Waals surface area contributed by atoms with Crippen molar-refractivity contribution < 1.29 is 21.2 Å². The number of aliphatic imine (C=N–C) groups is 1. The molecule has 0 atom stereocenters. The molecule has 0 spiro atoms. The fraction of sp³-hybridized carbons (Fsp3) is 0.333. The van der Waals surface area contributed by atoms with E-state index >= 15 is 0 Å². The van der Waals surface area contributed by atoms with Crippen molar-refractivity contribution in [1.29, 1.82) is 0 Å². The van der Waals surface area contributed by atoms with Crippen molar-refractivity contribution in [2.75, 3.05) is 43.5 Å². The first-order chi connectivity index (χ1) is 15.5. The number of anilines is 2. The van der Waals surface area contributed by atoms with Crippen molar-refractivity contribution in [2.45, 2.75) is 13.5 Å². The summed E-state index contributed by atoms with van der Waals surface area (Å²) in [4.78, 5) is 26.5. The number of nitrogens with zero attached hydrogens (tertiary/aromatic N) is 4. The van der Waals surface area contributed by atoms with Crippen molar-refractivity contribution in [2.24, 2.45) is 10.7 Å². The van der Waals surface area contributed by atoms with E-state index in [0.29, 0.717) is 43.4 Å². The summed E-state index contributed by atoms with van der Waals surface area (Å²) in [6.07, 6.45) is 4.25. The molecule has 1 amide bonds. The van der Waals surface area contributed by atoms with Crippen LogP contribution in [0.25, 0.3) is 0 Å². The summed E-state index contributed by atoms with van der Waals surface area (Å²) in [6.45, 7) is 3.81. The largest absolute Gasteiger partial charge is 0.403 e. The summed E-state index contributed by atoms with van der Waals surface area (Å²) in [7, 11) is 0. The predicted molar refractivity (Wildman–Crippen MR) is 121 cm³/mol. The smallest absolute Gasteiger partial charge is 0.244 e. The number of aromatic nitrogens is 2. The lowest BCUT2D eigenvalue weighted by Crippen LogP contribution is -2.41. The minimum Gasteiger partial charge on any atom is -0.403 e. The number of nitrogens with one attached hydrogen (secondary N) is 2. The highest BCUT2D eigenvalue weighted by Gasteiger charge is 2.15. The number of hydrogen-bond acceptors (Lipinski definition) is 8. The highest BCUT2D eigenvalue weighted by molar-refractivity contribution is 5.85. The molecule has 3 rings (SSSR count). The predicted octanol–water partition coefficient (Wildman–Crippen LogP) is 2.31. The van der Waals surface area contributed by atoms with Crippen molar-refractivity contribution >= 4 is 23.9 Å².